The SMILES string of the molecule is CC1CCCN(C(=O)c2cccc([N+](=O)[O-])c2O)C1C. The molecule has 0 bridgehead atoms. The predicted molar refractivity (Wildman–Crippen MR) is 73.7 cm³/mol. The fourth-order valence-electron chi connectivity index (χ4n) is 2.63. The van der Waals surface area contributed by atoms with Crippen LogP contribution in [0.4, 0.5) is 5.69 Å². The molecule has 2 unspecified atom stereocenters. The quantitative estimate of drug-likeness (QED) is 0.665. The van der Waals surface area contributed by atoms with Crippen molar-refractivity contribution in [3.63, 3.8) is 0 Å². The lowest BCUT2D eigenvalue weighted by molar-refractivity contribution is -0.385. The summed E-state index contributed by atoms with van der Waals surface area (Å²) in [5.41, 5.74) is -0.436. The van der Waals surface area contributed by atoms with Crippen molar-refractivity contribution in [2.24, 2.45) is 5.92 Å². The third-order valence-corrected chi connectivity index (χ3v) is 4.08. The lowest BCUT2D eigenvalue weighted by Crippen LogP contribution is -2.46. The number of hydrogen-bond donors (Lipinski definition) is 1. The van der Waals surface area contributed by atoms with E-state index in [1.165, 1.54) is 18.2 Å². The van der Waals surface area contributed by atoms with Crippen molar-refractivity contribution in [2.75, 3.05) is 6.54 Å². The van der Waals surface area contributed by atoms with Crippen LogP contribution in [0.5, 0.6) is 5.75 Å². The molecule has 1 aliphatic heterocycles. The van der Waals surface area contributed by atoms with Crippen LogP contribution in [0.2, 0.25) is 0 Å². The van der Waals surface area contributed by atoms with Gasteiger partial charge in [-0.05, 0) is 31.7 Å². The third-order valence-electron chi connectivity index (χ3n) is 4.08. The molecule has 1 amide bonds. The molecule has 1 saturated heterocycles. The first-order valence-electron chi connectivity index (χ1n) is 6.70. The van der Waals surface area contributed by atoms with Gasteiger partial charge in [0.15, 0.2) is 0 Å². The lowest BCUT2D eigenvalue weighted by atomic mass is 9.91. The van der Waals surface area contributed by atoms with Gasteiger partial charge < -0.3 is 10.0 Å². The number of carbonyl (C=O) groups is 1. The number of benzene rings is 1. The minimum absolute atomic E-state index is 0.000139. The number of hydrogen-bond acceptors (Lipinski definition) is 4. The number of nitro benzene ring substituents is 1. The smallest absolute Gasteiger partial charge is 0.311 e. The van der Waals surface area contributed by atoms with Gasteiger partial charge in [-0.2, -0.15) is 0 Å². The molecule has 1 aromatic rings. The molecule has 0 aliphatic carbocycles. The summed E-state index contributed by atoms with van der Waals surface area (Å²) < 4.78 is 0. The van der Waals surface area contributed by atoms with E-state index >= 15 is 0 Å². The van der Waals surface area contributed by atoms with E-state index in [1.807, 2.05) is 6.92 Å². The highest BCUT2D eigenvalue weighted by atomic mass is 16.6. The standard InChI is InChI=1S/C14H18N2O4/c1-9-5-4-8-15(10(9)2)14(18)11-6-3-7-12(13(11)17)16(19)20/h3,6-7,9-10,17H,4-5,8H2,1-2H3. The number of nitrogens with zero attached hydrogens (tertiary/aromatic N) is 2. The van der Waals surface area contributed by atoms with Crippen LogP contribution >= 0.6 is 0 Å². The molecule has 0 saturated carbocycles. The zero-order valence-corrected chi connectivity index (χ0v) is 11.6. The molecule has 108 valence electrons. The molecule has 1 N–H and O–H groups in total. The molecule has 0 spiro atoms. The van der Waals surface area contributed by atoms with Crippen LogP contribution in [0.1, 0.15) is 37.0 Å². The van der Waals surface area contributed by atoms with Gasteiger partial charge in [-0.1, -0.05) is 13.0 Å². The third kappa shape index (κ3) is 2.45. The summed E-state index contributed by atoms with van der Waals surface area (Å²) in [5.74, 6) is -0.508. The Morgan fingerprint density at radius 3 is 2.80 bits per heavy atom. The van der Waals surface area contributed by atoms with Crippen molar-refractivity contribution >= 4 is 11.6 Å². The van der Waals surface area contributed by atoms with Crippen molar-refractivity contribution in [3.05, 3.63) is 33.9 Å². The highest BCUT2D eigenvalue weighted by molar-refractivity contribution is 5.98. The first kappa shape index (κ1) is 14.3. The van der Waals surface area contributed by atoms with Crippen molar-refractivity contribution in [1.82, 2.24) is 4.90 Å². The molecule has 2 atom stereocenters. The maximum Gasteiger partial charge on any atom is 0.311 e. The van der Waals surface area contributed by atoms with Gasteiger partial charge in [0, 0.05) is 18.7 Å². The van der Waals surface area contributed by atoms with Gasteiger partial charge in [0.05, 0.1) is 10.5 Å². The Bertz CT molecular complexity index is 544. The van der Waals surface area contributed by atoms with Crippen LogP contribution < -0.4 is 0 Å². The van der Waals surface area contributed by atoms with E-state index in [4.69, 9.17) is 0 Å². The molecule has 0 radical (unpaired) electrons. The number of phenolic OH excluding ortho intramolecular Hbond substituents is 1. The second-order valence-electron chi connectivity index (χ2n) is 5.29. The number of rotatable bonds is 2. The van der Waals surface area contributed by atoms with Gasteiger partial charge in [-0.15, -0.1) is 0 Å². The number of piperidine rings is 1. The van der Waals surface area contributed by atoms with Crippen LogP contribution in [-0.4, -0.2) is 33.4 Å². The summed E-state index contributed by atoms with van der Waals surface area (Å²) in [6.07, 6.45) is 1.97. The van der Waals surface area contributed by atoms with E-state index in [0.29, 0.717) is 12.5 Å². The highest BCUT2D eigenvalue weighted by Gasteiger charge is 2.31. The van der Waals surface area contributed by atoms with E-state index in [0.717, 1.165) is 12.8 Å². The molecular formula is C14H18N2O4. The Labute approximate surface area is 117 Å². The summed E-state index contributed by atoms with van der Waals surface area (Å²) in [6, 6.07) is 4.10. The van der Waals surface area contributed by atoms with Crippen LogP contribution in [0.15, 0.2) is 18.2 Å². The number of phenols is 1. The first-order chi connectivity index (χ1) is 9.43. The van der Waals surface area contributed by atoms with Gasteiger partial charge in [0.2, 0.25) is 5.75 Å². The summed E-state index contributed by atoms with van der Waals surface area (Å²) in [4.78, 5) is 24.3. The van der Waals surface area contributed by atoms with Crippen LogP contribution in [0.25, 0.3) is 0 Å². The fourth-order valence-corrected chi connectivity index (χ4v) is 2.63. The molecular weight excluding hydrogens is 260 g/mol. The van der Waals surface area contributed by atoms with Gasteiger partial charge >= 0.3 is 5.69 Å². The summed E-state index contributed by atoms with van der Waals surface area (Å²) >= 11 is 0. The van der Waals surface area contributed by atoms with E-state index in [9.17, 15) is 20.0 Å². The van der Waals surface area contributed by atoms with E-state index in [1.54, 1.807) is 4.90 Å². The Hall–Kier alpha value is -2.11. The Morgan fingerprint density at radius 2 is 2.15 bits per heavy atom. The minimum Gasteiger partial charge on any atom is -0.502 e. The van der Waals surface area contributed by atoms with Crippen LogP contribution in [-0.2, 0) is 0 Å². The minimum atomic E-state index is -0.686. The highest BCUT2D eigenvalue weighted by Crippen LogP contribution is 2.32. The van der Waals surface area contributed by atoms with E-state index in [-0.39, 0.29) is 17.5 Å². The average Bonchev–Trinajstić information content (AvgIpc) is 2.41. The first-order valence-corrected chi connectivity index (χ1v) is 6.70. The summed E-state index contributed by atoms with van der Waals surface area (Å²) in [5, 5.41) is 20.7. The predicted octanol–water partition coefficient (Wildman–Crippen LogP) is 2.56. The van der Waals surface area contributed by atoms with Crippen molar-refractivity contribution in [2.45, 2.75) is 32.7 Å². The Morgan fingerprint density at radius 1 is 1.45 bits per heavy atom. The molecule has 20 heavy (non-hydrogen) atoms. The van der Waals surface area contributed by atoms with Gasteiger partial charge in [-0.25, -0.2) is 0 Å². The van der Waals surface area contributed by atoms with E-state index in [2.05, 4.69) is 6.92 Å². The lowest BCUT2D eigenvalue weighted by Gasteiger charge is -2.38. The van der Waals surface area contributed by atoms with Crippen molar-refractivity contribution in [3.8, 4) is 5.75 Å². The Kier molecular flexibility index (Phi) is 3.92. The second kappa shape index (κ2) is 5.48. The molecule has 1 aliphatic rings. The molecule has 6 heteroatoms. The molecule has 1 heterocycles. The number of aromatic hydroxyl groups is 1. The normalized spacial score (nSPS) is 22.6. The zero-order valence-electron chi connectivity index (χ0n) is 11.6. The van der Waals surface area contributed by atoms with Crippen LogP contribution in [0, 0.1) is 16.0 Å². The van der Waals surface area contributed by atoms with E-state index < -0.39 is 16.4 Å². The molecule has 0 aromatic heterocycles. The number of likely N-dealkylation sites (tertiary alicyclic amines) is 1. The van der Waals surface area contributed by atoms with Gasteiger partial charge in [-0.3, -0.25) is 14.9 Å². The van der Waals surface area contributed by atoms with Gasteiger partial charge in [0.25, 0.3) is 5.91 Å². The molecule has 2 rings (SSSR count). The number of amides is 1. The monoisotopic (exact) mass is 278 g/mol. The second-order valence-corrected chi connectivity index (χ2v) is 5.29. The summed E-state index contributed by atoms with van der Waals surface area (Å²) in [6.45, 7) is 4.67. The molecule has 1 fully saturated rings. The maximum atomic E-state index is 12.5. The largest absolute Gasteiger partial charge is 0.502 e. The molecule has 6 nitrogen and oxygen atoms in total. The van der Waals surface area contributed by atoms with Crippen LogP contribution in [0.3, 0.4) is 0 Å². The summed E-state index contributed by atoms with van der Waals surface area (Å²) in [7, 11) is 0. The number of para-hydroxylation sites is 1. The van der Waals surface area contributed by atoms with Crippen molar-refractivity contribution < 1.29 is 14.8 Å². The maximum absolute atomic E-state index is 12.5. The fraction of sp³-hybridized carbons (Fsp3) is 0.500. The Balaban J connectivity index is 2.34. The number of carbonyl (C=O) groups excluding carboxylic acids is 1. The number of nitro groups is 1. The zero-order chi connectivity index (χ0) is 14.9. The average molecular weight is 278 g/mol. The topological polar surface area (TPSA) is 83.7 Å². The van der Waals surface area contributed by atoms with Crippen molar-refractivity contribution in [1.29, 1.82) is 0 Å². The van der Waals surface area contributed by atoms with Gasteiger partial charge in [0.1, 0.15) is 0 Å². The molecule has 1 aromatic carbocycles.